The molecule has 0 N–H and O–H groups in total. The number of rotatable bonds is 3. The van der Waals surface area contributed by atoms with Gasteiger partial charge in [0.05, 0.1) is 33.5 Å². The molecule has 1 aliphatic carbocycles. The highest BCUT2D eigenvalue weighted by Gasteiger charge is 2.44. The maximum atomic E-state index is 8.78. The van der Waals surface area contributed by atoms with Gasteiger partial charge in [0.15, 0.2) is 0 Å². The molecule has 2 aromatic heterocycles. The summed E-state index contributed by atoms with van der Waals surface area (Å²) in [5.41, 5.74) is 14.0. The fourth-order valence-corrected chi connectivity index (χ4v) is 9.02. The summed E-state index contributed by atoms with van der Waals surface area (Å²) in [6.07, 6.45) is 0. The van der Waals surface area contributed by atoms with Crippen molar-refractivity contribution in [1.82, 2.24) is 4.57 Å². The van der Waals surface area contributed by atoms with Crippen molar-refractivity contribution >= 4 is 60.8 Å². The Morgan fingerprint density at radius 3 is 2.27 bits per heavy atom. The highest BCUT2D eigenvalue weighted by atomic mass is 16.3. The Bertz CT molecular complexity index is 2980. The summed E-state index contributed by atoms with van der Waals surface area (Å²) in [6, 6.07) is 48.4. The van der Waals surface area contributed by atoms with Crippen molar-refractivity contribution < 1.29 is 8.53 Å². The van der Waals surface area contributed by atoms with E-state index in [2.05, 4.69) is 133 Å². The van der Waals surface area contributed by atoms with Crippen LogP contribution < -0.4 is 4.90 Å². The standard InChI is InChI=1S/C46H32N2O/c1-27-24-25-33-42-40(27)30-17-8-11-20-35(30)48-34-19-10-7-16-29(34)32-26-37(44(46(33,2)3)43(42)45(32)48)47(28-14-5-4-6-15-28)36-21-13-23-39-41(36)31-18-9-12-22-38(31)49-39/h4-26H,1-3H3/i1D3. The van der Waals surface area contributed by atoms with Gasteiger partial charge in [-0.25, -0.2) is 0 Å². The second-order valence-electron chi connectivity index (χ2n) is 13.9. The molecule has 1 aliphatic heterocycles. The number of hydrogen-bond donors (Lipinski definition) is 0. The Morgan fingerprint density at radius 2 is 1.39 bits per heavy atom. The Balaban J connectivity index is 1.38. The molecule has 11 rings (SSSR count). The van der Waals surface area contributed by atoms with E-state index >= 15 is 0 Å². The van der Waals surface area contributed by atoms with Crippen LogP contribution in [0.15, 0.2) is 144 Å². The molecule has 0 bridgehead atoms. The molecule has 0 unspecified atom stereocenters. The molecule has 49 heavy (non-hydrogen) atoms. The molecular formula is C46H32N2O. The van der Waals surface area contributed by atoms with E-state index in [-0.39, 0.29) is 0 Å². The topological polar surface area (TPSA) is 21.3 Å². The van der Waals surface area contributed by atoms with Crippen LogP contribution in [0.4, 0.5) is 17.1 Å². The van der Waals surface area contributed by atoms with E-state index in [9.17, 15) is 0 Å². The average molecular weight is 632 g/mol. The number of hydrogen-bond acceptors (Lipinski definition) is 2. The number of para-hydroxylation sites is 4. The van der Waals surface area contributed by atoms with Crippen LogP contribution in [0.2, 0.25) is 0 Å². The summed E-state index contributed by atoms with van der Waals surface area (Å²) in [5.74, 6) is 0. The molecule has 0 fully saturated rings. The van der Waals surface area contributed by atoms with Crippen molar-refractivity contribution in [3.05, 3.63) is 156 Å². The van der Waals surface area contributed by atoms with Crippen molar-refractivity contribution in [3.8, 4) is 27.9 Å². The number of furan rings is 1. The first-order valence-corrected chi connectivity index (χ1v) is 16.9. The second-order valence-corrected chi connectivity index (χ2v) is 13.9. The Kier molecular flexibility index (Phi) is 4.58. The van der Waals surface area contributed by atoms with Crippen LogP contribution in [-0.2, 0) is 5.41 Å². The minimum absolute atomic E-state index is 0.380. The van der Waals surface area contributed by atoms with Crippen molar-refractivity contribution in [2.24, 2.45) is 0 Å². The molecule has 232 valence electrons. The lowest BCUT2D eigenvalue weighted by Crippen LogP contribution is -2.21. The first kappa shape index (κ1) is 24.1. The van der Waals surface area contributed by atoms with Crippen LogP contribution in [0, 0.1) is 6.85 Å². The summed E-state index contributed by atoms with van der Waals surface area (Å²) in [5, 5.41) is 4.38. The minimum Gasteiger partial charge on any atom is -0.456 e. The lowest BCUT2D eigenvalue weighted by molar-refractivity contribution is 0.661. The first-order chi connectivity index (χ1) is 25.2. The van der Waals surface area contributed by atoms with Gasteiger partial charge in [0.2, 0.25) is 0 Å². The van der Waals surface area contributed by atoms with Crippen LogP contribution in [0.5, 0.6) is 0 Å². The number of aromatic nitrogens is 1. The molecule has 0 spiro atoms. The summed E-state index contributed by atoms with van der Waals surface area (Å²) < 4.78 is 35.2. The van der Waals surface area contributed by atoms with Crippen LogP contribution in [0.1, 0.15) is 34.7 Å². The zero-order valence-electron chi connectivity index (χ0n) is 30.1. The summed E-state index contributed by atoms with van der Waals surface area (Å²) >= 11 is 0. The van der Waals surface area contributed by atoms with Gasteiger partial charge in [-0.15, -0.1) is 0 Å². The molecule has 0 atom stereocenters. The van der Waals surface area contributed by atoms with Gasteiger partial charge < -0.3 is 13.9 Å². The van der Waals surface area contributed by atoms with E-state index in [1.165, 1.54) is 5.56 Å². The van der Waals surface area contributed by atoms with Crippen molar-refractivity contribution in [2.75, 3.05) is 4.90 Å². The normalized spacial score (nSPS) is 14.9. The van der Waals surface area contributed by atoms with E-state index < -0.39 is 12.3 Å². The lowest BCUT2D eigenvalue weighted by atomic mass is 9.80. The van der Waals surface area contributed by atoms with Gasteiger partial charge in [0.25, 0.3) is 0 Å². The monoisotopic (exact) mass is 631 g/mol. The predicted molar refractivity (Wildman–Crippen MR) is 204 cm³/mol. The fraction of sp³-hybridized carbons (Fsp3) is 0.0870. The summed E-state index contributed by atoms with van der Waals surface area (Å²) in [4.78, 5) is 2.40. The quantitative estimate of drug-likeness (QED) is 0.193. The molecule has 3 heteroatoms. The van der Waals surface area contributed by atoms with Crippen LogP contribution in [0.3, 0.4) is 0 Å². The molecule has 0 saturated heterocycles. The summed E-state index contributed by atoms with van der Waals surface area (Å²) in [7, 11) is 0. The number of nitrogens with zero attached hydrogens (tertiary/aromatic N) is 2. The largest absolute Gasteiger partial charge is 0.456 e. The van der Waals surface area contributed by atoms with Gasteiger partial charge in [-0.2, -0.15) is 0 Å². The Morgan fingerprint density at radius 1 is 0.633 bits per heavy atom. The van der Waals surface area contributed by atoms with Gasteiger partial charge in [-0.05, 0) is 83.2 Å². The van der Waals surface area contributed by atoms with Gasteiger partial charge in [-0.1, -0.05) is 105 Å². The number of anilines is 3. The summed E-state index contributed by atoms with van der Waals surface area (Å²) in [6.45, 7) is 2.28. The van der Waals surface area contributed by atoms with E-state index in [0.29, 0.717) is 5.56 Å². The molecule has 0 saturated carbocycles. The third kappa shape index (κ3) is 3.32. The SMILES string of the molecule is [2H]C([2H])([2H])c1ccc2c3c1-c1ccccc1-n1c4ccccc4c4cc(N(c5ccccc5)c5cccc6oc7ccccc7c56)c(c-3c41)C2(C)C. The highest BCUT2D eigenvalue weighted by Crippen LogP contribution is 2.62. The van der Waals surface area contributed by atoms with Crippen LogP contribution in [0.25, 0.3) is 71.7 Å². The van der Waals surface area contributed by atoms with Gasteiger partial charge in [-0.3, -0.25) is 0 Å². The maximum Gasteiger partial charge on any atom is 0.137 e. The molecule has 2 aliphatic rings. The van der Waals surface area contributed by atoms with Crippen molar-refractivity contribution in [1.29, 1.82) is 0 Å². The third-order valence-corrected chi connectivity index (χ3v) is 11.0. The smallest absolute Gasteiger partial charge is 0.137 e. The van der Waals surface area contributed by atoms with E-state index in [4.69, 9.17) is 8.53 Å². The van der Waals surface area contributed by atoms with E-state index in [1.54, 1.807) is 0 Å². The van der Waals surface area contributed by atoms with Gasteiger partial charge >= 0.3 is 0 Å². The lowest BCUT2D eigenvalue weighted by Gasteiger charge is -2.33. The van der Waals surface area contributed by atoms with Crippen molar-refractivity contribution in [2.45, 2.75) is 26.1 Å². The molecule has 7 aromatic carbocycles. The Hall–Kier alpha value is -6.06. The molecule has 0 radical (unpaired) electrons. The zero-order chi connectivity index (χ0) is 35.1. The number of benzene rings is 7. The number of aryl methyl sites for hydroxylation is 1. The van der Waals surface area contributed by atoms with E-state index in [1.807, 2.05) is 30.3 Å². The minimum atomic E-state index is -2.31. The molecular weight excluding hydrogens is 597 g/mol. The number of fused-ring (bicyclic) bond motifs is 9. The first-order valence-electron chi connectivity index (χ1n) is 18.4. The molecule has 9 aromatic rings. The van der Waals surface area contributed by atoms with Crippen molar-refractivity contribution in [3.63, 3.8) is 0 Å². The van der Waals surface area contributed by atoms with E-state index in [0.717, 1.165) is 94.3 Å². The molecule has 0 amide bonds. The maximum absolute atomic E-state index is 8.78. The molecule has 3 heterocycles. The Labute approximate surface area is 288 Å². The second kappa shape index (κ2) is 9.30. The van der Waals surface area contributed by atoms with Crippen LogP contribution >= 0.6 is 0 Å². The predicted octanol–water partition coefficient (Wildman–Crippen LogP) is 12.7. The highest BCUT2D eigenvalue weighted by molar-refractivity contribution is 6.22. The zero-order valence-corrected chi connectivity index (χ0v) is 27.1. The average Bonchev–Trinajstić information content (AvgIpc) is 3.74. The molecule has 3 nitrogen and oxygen atoms in total. The fourth-order valence-electron chi connectivity index (χ4n) is 9.02. The van der Waals surface area contributed by atoms with Gasteiger partial charge in [0, 0.05) is 42.5 Å². The van der Waals surface area contributed by atoms with Gasteiger partial charge in [0.1, 0.15) is 11.2 Å². The third-order valence-electron chi connectivity index (χ3n) is 11.0. The van der Waals surface area contributed by atoms with Crippen LogP contribution in [-0.4, -0.2) is 4.57 Å².